The SMILES string of the molecule is COC(=N)c1nc2c3ccccc3c3ccccc3c2nc1C#N. The van der Waals surface area contributed by atoms with E-state index in [2.05, 4.69) is 9.97 Å². The van der Waals surface area contributed by atoms with E-state index in [0.29, 0.717) is 11.0 Å². The Morgan fingerprint density at radius 2 is 1.42 bits per heavy atom. The molecule has 0 fully saturated rings. The number of methoxy groups -OCH3 is 1. The molecule has 114 valence electrons. The molecule has 5 heteroatoms. The zero-order valence-electron chi connectivity index (χ0n) is 12.9. The lowest BCUT2D eigenvalue weighted by Crippen LogP contribution is -2.09. The van der Waals surface area contributed by atoms with Gasteiger partial charge in [0, 0.05) is 10.8 Å². The van der Waals surface area contributed by atoms with Crippen LogP contribution in [0.4, 0.5) is 0 Å². The molecule has 0 unspecified atom stereocenters. The van der Waals surface area contributed by atoms with E-state index in [0.717, 1.165) is 21.5 Å². The van der Waals surface area contributed by atoms with Crippen LogP contribution in [0.25, 0.3) is 32.6 Å². The highest BCUT2D eigenvalue weighted by atomic mass is 16.5. The van der Waals surface area contributed by atoms with E-state index in [1.165, 1.54) is 7.11 Å². The van der Waals surface area contributed by atoms with Crippen LogP contribution in [-0.2, 0) is 4.74 Å². The van der Waals surface area contributed by atoms with E-state index in [-0.39, 0.29) is 17.3 Å². The van der Waals surface area contributed by atoms with Crippen LogP contribution >= 0.6 is 0 Å². The average molecular weight is 312 g/mol. The van der Waals surface area contributed by atoms with Crippen molar-refractivity contribution in [2.24, 2.45) is 0 Å². The van der Waals surface area contributed by atoms with E-state index in [9.17, 15) is 5.26 Å². The highest BCUT2D eigenvalue weighted by Gasteiger charge is 2.17. The fourth-order valence-corrected chi connectivity index (χ4v) is 2.99. The molecule has 0 saturated heterocycles. The van der Waals surface area contributed by atoms with Gasteiger partial charge in [0.25, 0.3) is 0 Å². The number of hydrogen-bond donors (Lipinski definition) is 1. The number of nitrogens with zero attached hydrogens (tertiary/aromatic N) is 3. The largest absolute Gasteiger partial charge is 0.480 e. The molecule has 0 atom stereocenters. The Kier molecular flexibility index (Phi) is 3.10. The van der Waals surface area contributed by atoms with Gasteiger partial charge in [-0.25, -0.2) is 9.97 Å². The molecule has 0 amide bonds. The highest BCUT2D eigenvalue weighted by molar-refractivity contribution is 6.23. The summed E-state index contributed by atoms with van der Waals surface area (Å²) in [5, 5.41) is 21.3. The molecule has 0 aliphatic heterocycles. The minimum absolute atomic E-state index is 0.0924. The second-order valence-electron chi connectivity index (χ2n) is 5.35. The molecule has 1 N–H and O–H groups in total. The second-order valence-corrected chi connectivity index (χ2v) is 5.35. The van der Waals surface area contributed by atoms with Crippen molar-refractivity contribution in [2.75, 3.05) is 7.11 Å². The van der Waals surface area contributed by atoms with Crippen LogP contribution in [0.5, 0.6) is 0 Å². The maximum atomic E-state index is 9.40. The molecule has 1 aromatic heterocycles. The van der Waals surface area contributed by atoms with Gasteiger partial charge >= 0.3 is 0 Å². The summed E-state index contributed by atoms with van der Waals surface area (Å²) in [4.78, 5) is 9.06. The Hall–Kier alpha value is -3.52. The third kappa shape index (κ3) is 1.90. The molecule has 4 rings (SSSR count). The molecule has 24 heavy (non-hydrogen) atoms. The first-order valence-electron chi connectivity index (χ1n) is 7.39. The Labute approximate surface area is 137 Å². The quantitative estimate of drug-likeness (QED) is 0.329. The second kappa shape index (κ2) is 5.28. The summed E-state index contributed by atoms with van der Waals surface area (Å²) in [7, 11) is 1.38. The zero-order chi connectivity index (χ0) is 16.7. The molecule has 0 aliphatic carbocycles. The summed E-state index contributed by atoms with van der Waals surface area (Å²) in [5.41, 5.74) is 1.58. The molecule has 1 heterocycles. The molecule has 4 aromatic rings. The fraction of sp³-hybridized carbons (Fsp3) is 0.0526. The molecule has 0 spiro atoms. The number of nitriles is 1. The van der Waals surface area contributed by atoms with Crippen molar-refractivity contribution >= 4 is 38.5 Å². The van der Waals surface area contributed by atoms with Gasteiger partial charge in [-0.2, -0.15) is 5.26 Å². The van der Waals surface area contributed by atoms with Crippen molar-refractivity contribution in [3.63, 3.8) is 0 Å². The molecule has 0 bridgehead atoms. The number of ether oxygens (including phenoxy) is 1. The Morgan fingerprint density at radius 1 is 0.917 bits per heavy atom. The summed E-state index contributed by atoms with van der Waals surface area (Å²) >= 11 is 0. The number of aromatic nitrogens is 2. The van der Waals surface area contributed by atoms with E-state index in [1.807, 2.05) is 54.6 Å². The number of nitrogens with one attached hydrogen (secondary N) is 1. The maximum absolute atomic E-state index is 9.40. The third-order valence-corrected chi connectivity index (χ3v) is 4.08. The van der Waals surface area contributed by atoms with Gasteiger partial charge in [-0.1, -0.05) is 48.5 Å². The van der Waals surface area contributed by atoms with Gasteiger partial charge in [-0.3, -0.25) is 5.41 Å². The Morgan fingerprint density at radius 3 is 1.92 bits per heavy atom. The van der Waals surface area contributed by atoms with E-state index < -0.39 is 0 Å². The first-order chi connectivity index (χ1) is 11.7. The number of benzene rings is 3. The maximum Gasteiger partial charge on any atom is 0.235 e. The van der Waals surface area contributed by atoms with Gasteiger partial charge in [0.1, 0.15) is 6.07 Å². The first kappa shape index (κ1) is 14.1. The molecule has 0 radical (unpaired) electrons. The van der Waals surface area contributed by atoms with Crippen LogP contribution in [-0.4, -0.2) is 23.0 Å². The van der Waals surface area contributed by atoms with Crippen molar-refractivity contribution in [1.82, 2.24) is 9.97 Å². The van der Waals surface area contributed by atoms with Crippen LogP contribution in [0.2, 0.25) is 0 Å². The lowest BCUT2D eigenvalue weighted by molar-refractivity contribution is 0.399. The summed E-state index contributed by atoms with van der Waals surface area (Å²) in [6.45, 7) is 0. The van der Waals surface area contributed by atoms with Crippen molar-refractivity contribution in [1.29, 1.82) is 10.7 Å². The standard InChI is InChI=1S/C19H12N4O/c1-24-19(21)18-15(10-20)22-16-13-8-4-2-6-11(13)12-7-3-5-9-14(12)17(16)23-18/h2-9,21H,1H3. The highest BCUT2D eigenvalue weighted by Crippen LogP contribution is 2.33. The summed E-state index contributed by atoms with van der Waals surface area (Å²) in [5.74, 6) is -0.168. The minimum atomic E-state index is -0.168. The molecule has 0 saturated carbocycles. The predicted octanol–water partition coefficient (Wildman–Crippen LogP) is 3.78. The Balaban J connectivity index is 2.30. The van der Waals surface area contributed by atoms with E-state index in [1.54, 1.807) is 0 Å². The lowest BCUT2D eigenvalue weighted by atomic mass is 9.99. The normalized spacial score (nSPS) is 10.8. The molecule has 0 aliphatic rings. The molecular formula is C19H12N4O. The monoisotopic (exact) mass is 312 g/mol. The smallest absolute Gasteiger partial charge is 0.235 e. The molecule has 5 nitrogen and oxygen atoms in total. The number of fused-ring (bicyclic) bond motifs is 6. The van der Waals surface area contributed by atoms with Crippen molar-refractivity contribution in [3.05, 3.63) is 59.9 Å². The fourth-order valence-electron chi connectivity index (χ4n) is 2.99. The van der Waals surface area contributed by atoms with Crippen LogP contribution in [0, 0.1) is 16.7 Å². The topological polar surface area (TPSA) is 82.7 Å². The summed E-state index contributed by atoms with van der Waals surface area (Å²) in [6.07, 6.45) is 0. The first-order valence-corrected chi connectivity index (χ1v) is 7.39. The zero-order valence-corrected chi connectivity index (χ0v) is 12.9. The van der Waals surface area contributed by atoms with Crippen LogP contribution in [0.1, 0.15) is 11.4 Å². The minimum Gasteiger partial charge on any atom is -0.480 e. The lowest BCUT2D eigenvalue weighted by Gasteiger charge is -2.11. The van der Waals surface area contributed by atoms with Gasteiger partial charge in [0.15, 0.2) is 11.4 Å². The summed E-state index contributed by atoms with van der Waals surface area (Å²) in [6, 6.07) is 17.9. The van der Waals surface area contributed by atoms with Crippen molar-refractivity contribution < 1.29 is 4.74 Å². The predicted molar refractivity (Wildman–Crippen MR) is 93.1 cm³/mol. The molecule has 3 aromatic carbocycles. The van der Waals surface area contributed by atoms with Gasteiger partial charge in [-0.15, -0.1) is 0 Å². The van der Waals surface area contributed by atoms with Gasteiger partial charge in [0.2, 0.25) is 5.90 Å². The third-order valence-electron chi connectivity index (χ3n) is 4.08. The number of hydrogen-bond acceptors (Lipinski definition) is 5. The van der Waals surface area contributed by atoms with Crippen LogP contribution in [0.3, 0.4) is 0 Å². The number of rotatable bonds is 1. The molecular weight excluding hydrogens is 300 g/mol. The summed E-state index contributed by atoms with van der Waals surface area (Å²) < 4.78 is 4.96. The van der Waals surface area contributed by atoms with E-state index in [4.69, 9.17) is 10.1 Å². The average Bonchev–Trinajstić information content (AvgIpc) is 2.66. The van der Waals surface area contributed by atoms with Crippen LogP contribution < -0.4 is 0 Å². The van der Waals surface area contributed by atoms with Crippen LogP contribution in [0.15, 0.2) is 48.5 Å². The van der Waals surface area contributed by atoms with Crippen molar-refractivity contribution in [3.8, 4) is 6.07 Å². The Bertz CT molecular complexity index is 1170. The van der Waals surface area contributed by atoms with E-state index >= 15 is 0 Å². The van der Waals surface area contributed by atoms with Gasteiger partial charge in [-0.05, 0) is 10.8 Å². The van der Waals surface area contributed by atoms with Gasteiger partial charge < -0.3 is 4.74 Å². The van der Waals surface area contributed by atoms with Gasteiger partial charge in [0.05, 0.1) is 18.1 Å². The van der Waals surface area contributed by atoms with Crippen molar-refractivity contribution in [2.45, 2.75) is 0 Å².